The maximum Gasteiger partial charge on any atom is 0.490 e. The molecule has 3 N–H and O–H groups in total. The number of anilines is 1. The summed E-state index contributed by atoms with van der Waals surface area (Å²) in [5.74, 6) is -1.75. The molecule has 4 rings (SSSR count). The number of aliphatic carboxylic acids is 2. The van der Waals surface area contributed by atoms with Gasteiger partial charge >= 0.3 is 18.1 Å². The summed E-state index contributed by atoms with van der Waals surface area (Å²) < 4.78 is 37.5. The average Bonchev–Trinajstić information content (AvgIpc) is 3.47. The van der Waals surface area contributed by atoms with E-state index in [1.165, 1.54) is 16.9 Å². The summed E-state index contributed by atoms with van der Waals surface area (Å²) in [5, 5.41) is 28.9. The number of carboxylic acids is 2. The van der Waals surface area contributed by atoms with E-state index in [1.54, 1.807) is 6.20 Å². The second-order valence-electron chi connectivity index (χ2n) is 8.37. The highest BCUT2D eigenvalue weighted by molar-refractivity contribution is 7.11. The fourth-order valence-corrected chi connectivity index (χ4v) is 4.55. The van der Waals surface area contributed by atoms with Gasteiger partial charge in [-0.05, 0) is 44.2 Å². The molecule has 1 atom stereocenters. The van der Waals surface area contributed by atoms with Crippen molar-refractivity contribution in [3.05, 3.63) is 51.3 Å². The molecule has 0 aliphatic carbocycles. The fourth-order valence-electron chi connectivity index (χ4n) is 3.66. The maximum atomic E-state index is 11.3. The second-order valence-corrected chi connectivity index (χ2v) is 9.63. The van der Waals surface area contributed by atoms with Gasteiger partial charge in [0.15, 0.2) is 0 Å². The molecule has 0 saturated carbocycles. The molecule has 4 heterocycles. The van der Waals surface area contributed by atoms with Crippen molar-refractivity contribution in [2.75, 3.05) is 11.9 Å². The first-order valence-electron chi connectivity index (χ1n) is 11.5. The summed E-state index contributed by atoms with van der Waals surface area (Å²) in [4.78, 5) is 30.0. The fraction of sp³-hybridized carbons (Fsp3) is 0.478. The number of hydrogen-bond acceptors (Lipinski definition) is 9. The molecule has 0 amide bonds. The van der Waals surface area contributed by atoms with Gasteiger partial charge in [0.25, 0.3) is 0 Å². The van der Waals surface area contributed by atoms with Crippen molar-refractivity contribution >= 4 is 29.1 Å². The number of fused-ring (bicyclic) bond motifs is 1. The summed E-state index contributed by atoms with van der Waals surface area (Å²) in [7, 11) is 0. The van der Waals surface area contributed by atoms with Crippen LogP contribution in [0.5, 0.6) is 0 Å². The Morgan fingerprint density at radius 3 is 2.57 bits per heavy atom. The number of aryl methyl sites for hydroxylation is 4. The standard InChI is InChI=1S/C21H25N5O3S.C2HF3O2/c1-13-23-12-17(30-13)15(11-20(27)28)10-19-26-25-18(29-19)6-2-5-16-8-7-14-4-3-9-22-21(14)24-16;3-2(4,5)1(6)7/h7-8,12,15H,2-6,9-11H2,1H3,(H,22,24)(H,27,28);(H,6,7). The molecule has 1 aliphatic heterocycles. The molecule has 0 saturated heterocycles. The zero-order chi connectivity index (χ0) is 27.0. The Morgan fingerprint density at radius 2 is 1.92 bits per heavy atom. The summed E-state index contributed by atoms with van der Waals surface area (Å²) in [5.41, 5.74) is 2.35. The van der Waals surface area contributed by atoms with Gasteiger partial charge < -0.3 is 19.9 Å². The van der Waals surface area contributed by atoms with E-state index in [0.717, 1.165) is 53.6 Å². The predicted molar refractivity (Wildman–Crippen MR) is 127 cm³/mol. The third kappa shape index (κ3) is 8.81. The number of thiazole rings is 1. The predicted octanol–water partition coefficient (Wildman–Crippen LogP) is 4.20. The lowest BCUT2D eigenvalue weighted by molar-refractivity contribution is -0.192. The van der Waals surface area contributed by atoms with Gasteiger partial charge in [0.05, 0.1) is 11.4 Å². The number of nitrogens with zero attached hydrogens (tertiary/aromatic N) is 4. The van der Waals surface area contributed by atoms with Crippen LogP contribution in [0.25, 0.3) is 0 Å². The molecular formula is C23H26F3N5O5S. The summed E-state index contributed by atoms with van der Waals surface area (Å²) in [6, 6.07) is 4.26. The molecule has 14 heteroatoms. The molecule has 3 aromatic heterocycles. The van der Waals surface area contributed by atoms with E-state index in [-0.39, 0.29) is 12.3 Å². The number of pyridine rings is 1. The molecule has 10 nitrogen and oxygen atoms in total. The number of alkyl halides is 3. The lowest BCUT2D eigenvalue weighted by Gasteiger charge is -2.17. The van der Waals surface area contributed by atoms with Crippen LogP contribution < -0.4 is 5.32 Å². The van der Waals surface area contributed by atoms with Crippen molar-refractivity contribution in [1.82, 2.24) is 20.2 Å². The van der Waals surface area contributed by atoms with Crippen LogP contribution in [0.15, 0.2) is 22.7 Å². The van der Waals surface area contributed by atoms with Crippen molar-refractivity contribution in [2.24, 2.45) is 0 Å². The number of hydrogen-bond donors (Lipinski definition) is 3. The van der Waals surface area contributed by atoms with Gasteiger partial charge in [0.2, 0.25) is 11.8 Å². The zero-order valence-corrected chi connectivity index (χ0v) is 20.7. The quantitative estimate of drug-likeness (QED) is 0.359. The molecule has 3 aromatic rings. The molecule has 0 radical (unpaired) electrons. The molecule has 0 spiro atoms. The smallest absolute Gasteiger partial charge is 0.481 e. The molecule has 0 aromatic carbocycles. The SMILES string of the molecule is Cc1ncc(C(CC(=O)O)Cc2nnc(CCCc3ccc4c(n3)NCCC4)o2)s1.O=C(O)C(F)(F)F. The van der Waals surface area contributed by atoms with Crippen molar-refractivity contribution in [3.63, 3.8) is 0 Å². The van der Waals surface area contributed by atoms with E-state index in [1.807, 2.05) is 6.92 Å². The van der Waals surface area contributed by atoms with Crippen LogP contribution in [-0.4, -0.2) is 55.0 Å². The van der Waals surface area contributed by atoms with Crippen molar-refractivity contribution in [1.29, 1.82) is 0 Å². The number of nitrogens with one attached hydrogen (secondary N) is 1. The molecular weight excluding hydrogens is 515 g/mol. The van der Waals surface area contributed by atoms with E-state index in [0.29, 0.717) is 24.6 Å². The van der Waals surface area contributed by atoms with Crippen LogP contribution in [0, 0.1) is 6.92 Å². The molecule has 0 bridgehead atoms. The number of carbonyl (C=O) groups is 2. The highest BCUT2D eigenvalue weighted by Gasteiger charge is 2.38. The minimum absolute atomic E-state index is 0.0113. The van der Waals surface area contributed by atoms with Crippen molar-refractivity contribution in [3.8, 4) is 0 Å². The Hall–Kier alpha value is -3.55. The van der Waals surface area contributed by atoms with Gasteiger partial charge in [-0.25, -0.2) is 14.8 Å². The lowest BCUT2D eigenvalue weighted by Crippen LogP contribution is -2.21. The topological polar surface area (TPSA) is 151 Å². The molecule has 1 aliphatic rings. The largest absolute Gasteiger partial charge is 0.490 e. The van der Waals surface area contributed by atoms with Crippen LogP contribution in [0.1, 0.15) is 58.1 Å². The molecule has 37 heavy (non-hydrogen) atoms. The Kier molecular flexibility index (Phi) is 9.55. The van der Waals surface area contributed by atoms with Crippen molar-refractivity contribution in [2.45, 2.75) is 64.0 Å². The van der Waals surface area contributed by atoms with E-state index in [9.17, 15) is 23.1 Å². The van der Waals surface area contributed by atoms with Gasteiger partial charge in [-0.2, -0.15) is 13.2 Å². The van der Waals surface area contributed by atoms with E-state index in [4.69, 9.17) is 19.3 Å². The minimum atomic E-state index is -5.08. The third-order valence-electron chi connectivity index (χ3n) is 5.41. The Balaban J connectivity index is 0.000000479. The molecule has 1 unspecified atom stereocenters. The van der Waals surface area contributed by atoms with Crippen molar-refractivity contribution < 1.29 is 37.4 Å². The first-order valence-corrected chi connectivity index (χ1v) is 12.3. The first kappa shape index (κ1) is 28.0. The van der Waals surface area contributed by atoms with Gasteiger partial charge in [-0.15, -0.1) is 21.5 Å². The minimum Gasteiger partial charge on any atom is -0.481 e. The Morgan fingerprint density at radius 1 is 1.19 bits per heavy atom. The van der Waals surface area contributed by atoms with Gasteiger partial charge in [-0.3, -0.25) is 4.79 Å². The number of rotatable bonds is 9. The number of aromatic nitrogens is 4. The average molecular weight is 542 g/mol. The van der Waals surface area contributed by atoms with Crippen LogP contribution >= 0.6 is 11.3 Å². The summed E-state index contributed by atoms with van der Waals surface area (Å²) in [6.07, 6.45) is 1.69. The van der Waals surface area contributed by atoms with Crippen LogP contribution in [0.4, 0.5) is 19.0 Å². The third-order valence-corrected chi connectivity index (χ3v) is 6.49. The van der Waals surface area contributed by atoms with Gasteiger partial charge in [-0.1, -0.05) is 6.07 Å². The number of carboxylic acid groups (broad SMARTS) is 2. The van der Waals surface area contributed by atoms with E-state index in [2.05, 4.69) is 32.6 Å². The second kappa shape index (κ2) is 12.6. The zero-order valence-electron chi connectivity index (χ0n) is 19.9. The first-order chi connectivity index (χ1) is 17.5. The van der Waals surface area contributed by atoms with E-state index >= 15 is 0 Å². The summed E-state index contributed by atoms with van der Waals surface area (Å²) in [6.45, 7) is 2.89. The summed E-state index contributed by atoms with van der Waals surface area (Å²) >= 11 is 1.51. The van der Waals surface area contributed by atoms with Gasteiger partial charge in [0.1, 0.15) is 5.82 Å². The highest BCUT2D eigenvalue weighted by Crippen LogP contribution is 2.29. The van der Waals surface area contributed by atoms with Crippen LogP contribution in [-0.2, 0) is 35.3 Å². The van der Waals surface area contributed by atoms with Crippen LogP contribution in [0.3, 0.4) is 0 Å². The lowest BCUT2D eigenvalue weighted by atomic mass is 10.0. The maximum absolute atomic E-state index is 11.3. The van der Waals surface area contributed by atoms with E-state index < -0.39 is 18.1 Å². The normalized spacial score (nSPS) is 13.6. The highest BCUT2D eigenvalue weighted by atomic mass is 32.1. The Bertz CT molecular complexity index is 1210. The van der Waals surface area contributed by atoms with Crippen LogP contribution in [0.2, 0.25) is 0 Å². The Labute approximate surface area is 214 Å². The monoisotopic (exact) mass is 541 g/mol. The molecule has 0 fully saturated rings. The number of halogens is 3. The molecule has 200 valence electrons. The van der Waals surface area contributed by atoms with Gasteiger partial charge in [0, 0.05) is 42.1 Å².